The van der Waals surface area contributed by atoms with Crippen LogP contribution < -0.4 is 10.1 Å². The van der Waals surface area contributed by atoms with Crippen LogP contribution in [0.2, 0.25) is 0 Å². The third-order valence-electron chi connectivity index (χ3n) is 2.67. The van der Waals surface area contributed by atoms with Crippen LogP contribution in [-0.4, -0.2) is 29.2 Å². The first-order valence-corrected chi connectivity index (χ1v) is 5.50. The van der Waals surface area contributed by atoms with Gasteiger partial charge in [-0.2, -0.15) is 0 Å². The molecule has 16 heavy (non-hydrogen) atoms. The van der Waals surface area contributed by atoms with E-state index in [0.29, 0.717) is 18.5 Å². The van der Waals surface area contributed by atoms with E-state index in [9.17, 15) is 0 Å². The monoisotopic (exact) mass is 243 g/mol. The van der Waals surface area contributed by atoms with Gasteiger partial charge in [-0.3, -0.25) is 4.98 Å². The van der Waals surface area contributed by atoms with E-state index in [-0.39, 0.29) is 12.4 Å². The lowest BCUT2D eigenvalue weighted by Gasteiger charge is -2.23. The van der Waals surface area contributed by atoms with E-state index in [1.54, 1.807) is 12.4 Å². The summed E-state index contributed by atoms with van der Waals surface area (Å²) >= 11 is 0. The van der Waals surface area contributed by atoms with Crippen LogP contribution in [0.15, 0.2) is 12.4 Å². The average molecular weight is 244 g/mol. The second-order valence-electron chi connectivity index (χ2n) is 3.90. The van der Waals surface area contributed by atoms with E-state index in [1.165, 1.54) is 19.3 Å². The van der Waals surface area contributed by atoms with Crippen molar-refractivity contribution >= 4 is 12.4 Å². The predicted molar refractivity (Wildman–Crippen MR) is 65.2 cm³/mol. The van der Waals surface area contributed by atoms with Crippen molar-refractivity contribution in [2.75, 3.05) is 13.2 Å². The number of aryl methyl sites for hydroxylation is 1. The van der Waals surface area contributed by atoms with E-state index in [2.05, 4.69) is 15.3 Å². The van der Waals surface area contributed by atoms with E-state index in [0.717, 1.165) is 12.2 Å². The fourth-order valence-corrected chi connectivity index (χ4v) is 1.78. The molecule has 0 saturated carbocycles. The van der Waals surface area contributed by atoms with E-state index >= 15 is 0 Å². The van der Waals surface area contributed by atoms with Gasteiger partial charge < -0.3 is 10.1 Å². The Morgan fingerprint density at radius 2 is 2.19 bits per heavy atom. The molecule has 5 heteroatoms. The molecule has 1 unspecified atom stereocenters. The van der Waals surface area contributed by atoms with Gasteiger partial charge in [-0.05, 0) is 26.3 Å². The van der Waals surface area contributed by atoms with Crippen LogP contribution in [0.3, 0.4) is 0 Å². The Labute approximate surface area is 102 Å². The molecule has 0 radical (unpaired) electrons. The van der Waals surface area contributed by atoms with E-state index in [1.807, 2.05) is 6.92 Å². The van der Waals surface area contributed by atoms with Crippen molar-refractivity contribution in [3.05, 3.63) is 18.1 Å². The molecule has 1 aromatic heterocycles. The molecule has 0 bridgehead atoms. The minimum Gasteiger partial charge on any atom is -0.475 e. The molecule has 90 valence electrons. The van der Waals surface area contributed by atoms with Crippen LogP contribution in [0.5, 0.6) is 5.88 Å². The largest absolute Gasteiger partial charge is 0.475 e. The van der Waals surface area contributed by atoms with E-state index < -0.39 is 0 Å². The van der Waals surface area contributed by atoms with Crippen LogP contribution in [0.25, 0.3) is 0 Å². The van der Waals surface area contributed by atoms with Crippen molar-refractivity contribution < 1.29 is 4.74 Å². The second kappa shape index (κ2) is 6.66. The molecule has 2 heterocycles. The van der Waals surface area contributed by atoms with Crippen molar-refractivity contribution in [2.24, 2.45) is 0 Å². The number of halogens is 1. The molecule has 0 aromatic carbocycles. The summed E-state index contributed by atoms with van der Waals surface area (Å²) in [6, 6.07) is 0.472. The maximum Gasteiger partial charge on any atom is 0.235 e. The number of piperidine rings is 1. The summed E-state index contributed by atoms with van der Waals surface area (Å²) in [6.07, 6.45) is 7.11. The Hall–Kier alpha value is -0.870. The first-order valence-electron chi connectivity index (χ1n) is 5.50. The minimum absolute atomic E-state index is 0. The van der Waals surface area contributed by atoms with Crippen LogP contribution in [0, 0.1) is 6.92 Å². The molecular formula is C11H18ClN3O. The number of nitrogens with one attached hydrogen (secondary N) is 1. The standard InChI is InChI=1S/C11H17N3O.ClH/c1-9-11(14-7-6-12-9)15-8-10-4-2-3-5-13-10;/h6-7,10,13H,2-5,8H2,1H3;1H. The van der Waals surface area contributed by atoms with Crippen LogP contribution >= 0.6 is 12.4 Å². The Balaban J connectivity index is 0.00000128. The van der Waals surface area contributed by atoms with Crippen LogP contribution in [0.4, 0.5) is 0 Å². The van der Waals surface area contributed by atoms with Gasteiger partial charge in [0.2, 0.25) is 5.88 Å². The highest BCUT2D eigenvalue weighted by atomic mass is 35.5. The molecule has 1 aliphatic heterocycles. The van der Waals surface area contributed by atoms with Crippen LogP contribution in [0.1, 0.15) is 25.0 Å². The normalized spacial score (nSPS) is 19.9. The molecule has 1 atom stereocenters. The number of aromatic nitrogens is 2. The summed E-state index contributed by atoms with van der Waals surface area (Å²) in [5, 5.41) is 3.44. The fraction of sp³-hybridized carbons (Fsp3) is 0.636. The number of hydrogen-bond acceptors (Lipinski definition) is 4. The molecule has 1 saturated heterocycles. The quantitative estimate of drug-likeness (QED) is 0.878. The van der Waals surface area contributed by atoms with Crippen molar-refractivity contribution in [2.45, 2.75) is 32.2 Å². The maximum absolute atomic E-state index is 5.64. The Morgan fingerprint density at radius 3 is 2.88 bits per heavy atom. The highest BCUT2D eigenvalue weighted by molar-refractivity contribution is 5.85. The Bertz CT molecular complexity index is 316. The summed E-state index contributed by atoms with van der Waals surface area (Å²) in [6.45, 7) is 3.71. The van der Waals surface area contributed by atoms with E-state index in [4.69, 9.17) is 4.74 Å². The minimum atomic E-state index is 0. The van der Waals surface area contributed by atoms with Gasteiger partial charge in [0.25, 0.3) is 0 Å². The van der Waals surface area contributed by atoms with Gasteiger partial charge in [0.05, 0.1) is 5.69 Å². The molecule has 4 nitrogen and oxygen atoms in total. The second-order valence-corrected chi connectivity index (χ2v) is 3.90. The molecule has 1 aromatic rings. The van der Waals surface area contributed by atoms with Gasteiger partial charge in [-0.25, -0.2) is 4.98 Å². The van der Waals surface area contributed by atoms with Gasteiger partial charge in [-0.15, -0.1) is 12.4 Å². The number of ether oxygens (including phenoxy) is 1. The molecule has 1 fully saturated rings. The Morgan fingerprint density at radius 1 is 1.38 bits per heavy atom. The fourth-order valence-electron chi connectivity index (χ4n) is 1.78. The van der Waals surface area contributed by atoms with Crippen molar-refractivity contribution in [3.63, 3.8) is 0 Å². The molecule has 2 rings (SSSR count). The first kappa shape index (κ1) is 13.2. The lowest BCUT2D eigenvalue weighted by atomic mass is 10.1. The highest BCUT2D eigenvalue weighted by Gasteiger charge is 2.13. The predicted octanol–water partition coefficient (Wildman–Crippen LogP) is 1.73. The maximum atomic E-state index is 5.64. The lowest BCUT2D eigenvalue weighted by Crippen LogP contribution is -2.38. The van der Waals surface area contributed by atoms with Crippen LogP contribution in [-0.2, 0) is 0 Å². The van der Waals surface area contributed by atoms with Gasteiger partial charge in [0.1, 0.15) is 6.61 Å². The zero-order valence-electron chi connectivity index (χ0n) is 9.48. The molecular weight excluding hydrogens is 226 g/mol. The number of hydrogen-bond donors (Lipinski definition) is 1. The smallest absolute Gasteiger partial charge is 0.235 e. The highest BCUT2D eigenvalue weighted by Crippen LogP contribution is 2.12. The number of rotatable bonds is 3. The topological polar surface area (TPSA) is 47.0 Å². The van der Waals surface area contributed by atoms with Crippen molar-refractivity contribution in [1.82, 2.24) is 15.3 Å². The summed E-state index contributed by atoms with van der Waals surface area (Å²) in [5.74, 6) is 0.657. The van der Waals surface area contributed by atoms with Gasteiger partial charge in [0.15, 0.2) is 0 Å². The summed E-state index contributed by atoms with van der Waals surface area (Å²) in [7, 11) is 0. The van der Waals surface area contributed by atoms with Gasteiger partial charge in [0, 0.05) is 18.4 Å². The molecule has 0 spiro atoms. The molecule has 1 N–H and O–H groups in total. The lowest BCUT2D eigenvalue weighted by molar-refractivity contribution is 0.230. The summed E-state index contributed by atoms with van der Waals surface area (Å²) < 4.78 is 5.64. The summed E-state index contributed by atoms with van der Waals surface area (Å²) in [4.78, 5) is 8.29. The third kappa shape index (κ3) is 3.61. The average Bonchev–Trinajstić information content (AvgIpc) is 2.29. The first-order chi connectivity index (χ1) is 7.36. The molecule has 0 amide bonds. The molecule has 0 aliphatic carbocycles. The number of nitrogens with zero attached hydrogens (tertiary/aromatic N) is 2. The van der Waals surface area contributed by atoms with Gasteiger partial charge in [-0.1, -0.05) is 6.42 Å². The third-order valence-corrected chi connectivity index (χ3v) is 2.67. The zero-order chi connectivity index (χ0) is 10.5. The zero-order valence-corrected chi connectivity index (χ0v) is 10.3. The summed E-state index contributed by atoms with van der Waals surface area (Å²) in [5.41, 5.74) is 0.855. The molecule has 1 aliphatic rings. The van der Waals surface area contributed by atoms with Gasteiger partial charge >= 0.3 is 0 Å². The Kier molecular flexibility index (Phi) is 5.49. The SMILES string of the molecule is Cc1nccnc1OCC1CCCCN1.Cl. The van der Waals surface area contributed by atoms with Crippen molar-refractivity contribution in [1.29, 1.82) is 0 Å². The van der Waals surface area contributed by atoms with Crippen molar-refractivity contribution in [3.8, 4) is 5.88 Å².